The standard InChI is InChI=1S/C58H41NS/c1-57(2)46-36-35-40(37-45(46)55-41(26-17-30-50(55)57)38-19-5-3-6-20-38)59(52-32-18-34-54-56(52)44-25-11-16-33-53(44)60-54)51-31-15-14-29-49(51)58(39-21-7-4-8-22-39)47-27-12-9-23-42(47)43-24-10-13-28-48(43)58/h3-37H,1-2H3. The lowest BCUT2D eigenvalue weighted by atomic mass is 9.67. The summed E-state index contributed by atoms with van der Waals surface area (Å²) in [6.07, 6.45) is 0. The van der Waals surface area contributed by atoms with E-state index in [9.17, 15) is 0 Å². The molecule has 284 valence electrons. The van der Waals surface area contributed by atoms with Crippen LogP contribution in [0.15, 0.2) is 212 Å². The van der Waals surface area contributed by atoms with Crippen LogP contribution in [0.25, 0.3) is 53.6 Å². The third-order valence-electron chi connectivity index (χ3n) is 13.4. The van der Waals surface area contributed by atoms with E-state index >= 15 is 0 Å². The van der Waals surface area contributed by atoms with Crippen molar-refractivity contribution in [2.45, 2.75) is 24.7 Å². The van der Waals surface area contributed by atoms with Gasteiger partial charge in [0.25, 0.3) is 0 Å². The van der Waals surface area contributed by atoms with Crippen molar-refractivity contribution >= 4 is 48.6 Å². The van der Waals surface area contributed by atoms with Crippen LogP contribution in [0.5, 0.6) is 0 Å². The molecule has 0 amide bonds. The highest BCUT2D eigenvalue weighted by Gasteiger charge is 2.48. The highest BCUT2D eigenvalue weighted by molar-refractivity contribution is 7.26. The lowest BCUT2D eigenvalue weighted by Gasteiger charge is -2.38. The number of fused-ring (bicyclic) bond motifs is 9. The maximum atomic E-state index is 2.58. The Balaban J connectivity index is 1.20. The molecule has 0 radical (unpaired) electrons. The predicted molar refractivity (Wildman–Crippen MR) is 254 cm³/mol. The molecule has 2 aliphatic rings. The first-order valence-electron chi connectivity index (χ1n) is 20.9. The van der Waals surface area contributed by atoms with E-state index in [1.54, 1.807) is 0 Å². The molecule has 2 heteroatoms. The first-order chi connectivity index (χ1) is 29.5. The summed E-state index contributed by atoms with van der Waals surface area (Å²) >= 11 is 1.87. The minimum Gasteiger partial charge on any atom is -0.309 e. The monoisotopic (exact) mass is 783 g/mol. The van der Waals surface area contributed by atoms with Gasteiger partial charge >= 0.3 is 0 Å². The fourth-order valence-electron chi connectivity index (χ4n) is 10.8. The summed E-state index contributed by atoms with van der Waals surface area (Å²) in [6.45, 7) is 4.77. The summed E-state index contributed by atoms with van der Waals surface area (Å²) < 4.78 is 2.58. The van der Waals surface area contributed by atoms with Crippen LogP contribution in [-0.2, 0) is 10.8 Å². The van der Waals surface area contributed by atoms with Gasteiger partial charge in [-0.05, 0) is 103 Å². The largest absolute Gasteiger partial charge is 0.309 e. The number of nitrogens with zero attached hydrogens (tertiary/aromatic N) is 1. The first kappa shape index (κ1) is 35.0. The Morgan fingerprint density at radius 1 is 0.400 bits per heavy atom. The minimum absolute atomic E-state index is 0.158. The normalized spacial score (nSPS) is 14.1. The van der Waals surface area contributed by atoms with Crippen LogP contribution in [-0.4, -0.2) is 0 Å². The molecule has 1 nitrogen and oxygen atoms in total. The molecule has 1 heterocycles. The van der Waals surface area contributed by atoms with E-state index in [0.29, 0.717) is 0 Å². The van der Waals surface area contributed by atoms with Gasteiger partial charge in [0.15, 0.2) is 0 Å². The molecule has 12 rings (SSSR count). The Bertz CT molecular complexity index is 3250. The van der Waals surface area contributed by atoms with Crippen LogP contribution in [0.3, 0.4) is 0 Å². The molecular formula is C58H41NS. The maximum Gasteiger partial charge on any atom is 0.0733 e. The van der Waals surface area contributed by atoms with Crippen LogP contribution < -0.4 is 4.90 Å². The Morgan fingerprint density at radius 2 is 0.967 bits per heavy atom. The van der Waals surface area contributed by atoms with E-state index in [4.69, 9.17) is 0 Å². The summed E-state index contributed by atoms with van der Waals surface area (Å²) in [5.74, 6) is 0. The van der Waals surface area contributed by atoms with Gasteiger partial charge in [-0.25, -0.2) is 0 Å². The topological polar surface area (TPSA) is 3.24 Å². The zero-order valence-corrected chi connectivity index (χ0v) is 34.4. The molecule has 0 saturated heterocycles. The predicted octanol–water partition coefficient (Wildman–Crippen LogP) is 15.9. The summed E-state index contributed by atoms with van der Waals surface area (Å²) in [6, 6.07) is 79.3. The Morgan fingerprint density at radius 3 is 1.73 bits per heavy atom. The fraction of sp³-hybridized carbons (Fsp3) is 0.0690. The Kier molecular flexibility index (Phi) is 7.73. The number of thiophene rings is 1. The minimum atomic E-state index is -0.584. The van der Waals surface area contributed by atoms with Crippen LogP contribution in [0.1, 0.15) is 47.2 Å². The fourth-order valence-corrected chi connectivity index (χ4v) is 11.9. The van der Waals surface area contributed by atoms with Crippen LogP contribution in [0.4, 0.5) is 17.1 Å². The second kappa shape index (κ2) is 13.3. The molecule has 0 saturated carbocycles. The highest BCUT2D eigenvalue weighted by Crippen LogP contribution is 2.60. The van der Waals surface area contributed by atoms with Crippen molar-refractivity contribution in [3.05, 3.63) is 246 Å². The van der Waals surface area contributed by atoms with Gasteiger partial charge in [0.05, 0.1) is 16.8 Å². The molecule has 9 aromatic carbocycles. The van der Waals surface area contributed by atoms with Crippen molar-refractivity contribution in [3.63, 3.8) is 0 Å². The lowest BCUT2D eigenvalue weighted by molar-refractivity contribution is 0.660. The van der Waals surface area contributed by atoms with E-state index in [2.05, 4.69) is 231 Å². The maximum absolute atomic E-state index is 2.58. The quantitative estimate of drug-likeness (QED) is 0.162. The smallest absolute Gasteiger partial charge is 0.0733 e. The van der Waals surface area contributed by atoms with Crippen molar-refractivity contribution < 1.29 is 0 Å². The molecule has 0 bridgehead atoms. The van der Waals surface area contributed by atoms with E-state index in [-0.39, 0.29) is 5.41 Å². The third kappa shape index (κ3) is 4.86. The molecule has 0 aliphatic heterocycles. The number of benzene rings is 9. The Hall–Kier alpha value is -7.00. The number of anilines is 3. The van der Waals surface area contributed by atoms with Gasteiger partial charge in [-0.2, -0.15) is 0 Å². The van der Waals surface area contributed by atoms with Gasteiger partial charge in [0.1, 0.15) is 0 Å². The number of rotatable bonds is 6. The van der Waals surface area contributed by atoms with Crippen LogP contribution in [0.2, 0.25) is 0 Å². The average Bonchev–Trinajstić information content (AvgIpc) is 3.91. The summed E-state index contributed by atoms with van der Waals surface area (Å²) in [5, 5.41) is 2.56. The highest BCUT2D eigenvalue weighted by atomic mass is 32.1. The van der Waals surface area contributed by atoms with E-state index in [1.807, 2.05) is 11.3 Å². The SMILES string of the molecule is CC1(C)c2ccc(N(c3ccccc3C3(c4ccccc4)c4ccccc4-c4ccccc43)c3cccc4sc5ccccc5c34)cc2-c2c(-c3ccccc3)cccc21. The molecule has 0 N–H and O–H groups in total. The van der Waals surface area contributed by atoms with Gasteiger partial charge in [0.2, 0.25) is 0 Å². The molecule has 60 heavy (non-hydrogen) atoms. The van der Waals surface area contributed by atoms with Gasteiger partial charge in [0, 0.05) is 31.3 Å². The summed E-state index contributed by atoms with van der Waals surface area (Å²) in [5.41, 5.74) is 18.3. The number of hydrogen-bond donors (Lipinski definition) is 0. The molecule has 1 aromatic heterocycles. The Labute approximate surface area is 355 Å². The van der Waals surface area contributed by atoms with E-state index in [1.165, 1.54) is 92.6 Å². The molecule has 10 aromatic rings. The number of hydrogen-bond acceptors (Lipinski definition) is 2. The van der Waals surface area contributed by atoms with Crippen molar-refractivity contribution in [3.8, 4) is 33.4 Å². The van der Waals surface area contributed by atoms with E-state index in [0.717, 1.165) is 11.4 Å². The van der Waals surface area contributed by atoms with Gasteiger partial charge < -0.3 is 4.90 Å². The molecule has 0 atom stereocenters. The second-order valence-electron chi connectivity index (χ2n) is 16.8. The molecular weight excluding hydrogens is 743 g/mol. The van der Waals surface area contributed by atoms with Gasteiger partial charge in [-0.3, -0.25) is 0 Å². The summed E-state index contributed by atoms with van der Waals surface area (Å²) in [4.78, 5) is 2.58. The molecule has 0 fully saturated rings. The van der Waals surface area contributed by atoms with Crippen molar-refractivity contribution in [1.29, 1.82) is 0 Å². The number of para-hydroxylation sites is 1. The first-order valence-corrected chi connectivity index (χ1v) is 21.8. The third-order valence-corrected chi connectivity index (χ3v) is 14.5. The van der Waals surface area contributed by atoms with Gasteiger partial charge in [-0.1, -0.05) is 190 Å². The zero-order valence-electron chi connectivity index (χ0n) is 33.6. The molecule has 2 aliphatic carbocycles. The molecule has 0 unspecified atom stereocenters. The average molecular weight is 784 g/mol. The summed E-state index contributed by atoms with van der Waals surface area (Å²) in [7, 11) is 0. The van der Waals surface area contributed by atoms with Crippen molar-refractivity contribution in [1.82, 2.24) is 0 Å². The van der Waals surface area contributed by atoms with Crippen LogP contribution in [0, 0.1) is 0 Å². The lowest BCUT2D eigenvalue weighted by Crippen LogP contribution is -2.30. The zero-order chi connectivity index (χ0) is 40.0. The van der Waals surface area contributed by atoms with Gasteiger partial charge in [-0.15, -0.1) is 11.3 Å². The van der Waals surface area contributed by atoms with Crippen LogP contribution >= 0.6 is 11.3 Å². The van der Waals surface area contributed by atoms with Crippen molar-refractivity contribution in [2.75, 3.05) is 4.90 Å². The molecule has 0 spiro atoms. The van der Waals surface area contributed by atoms with Crippen molar-refractivity contribution in [2.24, 2.45) is 0 Å². The van der Waals surface area contributed by atoms with E-state index < -0.39 is 5.41 Å². The second-order valence-corrected chi connectivity index (χ2v) is 17.8.